The van der Waals surface area contributed by atoms with Gasteiger partial charge in [-0.2, -0.15) is 0 Å². The molecule has 0 aromatic carbocycles. The zero-order chi connectivity index (χ0) is 12.3. The minimum atomic E-state index is 0.350. The normalized spacial score (nSPS) is 12.4. The van der Waals surface area contributed by atoms with E-state index in [4.69, 9.17) is 11.6 Å². The Bertz CT molecular complexity index is 486. The topological polar surface area (TPSA) is 50.7 Å². The first-order chi connectivity index (χ1) is 8.18. The number of nitrogens with zero attached hydrogens (tertiary/aromatic N) is 3. The van der Waals surface area contributed by atoms with Gasteiger partial charge >= 0.3 is 0 Å². The van der Waals surface area contributed by atoms with Gasteiger partial charge in [-0.25, -0.2) is 15.0 Å². The molecule has 0 aliphatic carbocycles. The van der Waals surface area contributed by atoms with Crippen molar-refractivity contribution < 1.29 is 0 Å². The molecule has 0 amide bonds. The van der Waals surface area contributed by atoms with Gasteiger partial charge in [0.15, 0.2) is 0 Å². The average molecular weight is 269 g/mol. The van der Waals surface area contributed by atoms with Gasteiger partial charge in [0.25, 0.3) is 0 Å². The van der Waals surface area contributed by atoms with Crippen molar-refractivity contribution in [1.82, 2.24) is 15.0 Å². The van der Waals surface area contributed by atoms with E-state index in [0.717, 1.165) is 22.9 Å². The molecule has 1 N–H and O–H groups in total. The summed E-state index contributed by atoms with van der Waals surface area (Å²) in [7, 11) is 0. The third kappa shape index (κ3) is 2.92. The summed E-state index contributed by atoms with van der Waals surface area (Å²) < 4.78 is 0. The molecule has 0 saturated heterocycles. The lowest BCUT2D eigenvalue weighted by atomic mass is 10.2. The lowest BCUT2D eigenvalue weighted by Gasteiger charge is -2.12. The molecular weight excluding hydrogens is 256 g/mol. The average Bonchev–Trinajstić information content (AvgIpc) is 2.84. The van der Waals surface area contributed by atoms with Gasteiger partial charge in [0, 0.05) is 29.6 Å². The quantitative estimate of drug-likeness (QED) is 0.866. The molecule has 2 aromatic heterocycles. The smallest absolute Gasteiger partial charge is 0.137 e. The molecule has 17 heavy (non-hydrogen) atoms. The second kappa shape index (κ2) is 5.42. The lowest BCUT2D eigenvalue weighted by molar-refractivity contribution is 0.790. The van der Waals surface area contributed by atoms with Crippen molar-refractivity contribution >= 4 is 28.8 Å². The lowest BCUT2D eigenvalue weighted by Crippen LogP contribution is -2.11. The largest absolute Gasteiger partial charge is 0.369 e. The van der Waals surface area contributed by atoms with E-state index in [1.165, 1.54) is 6.33 Å². The Balaban J connectivity index is 2.00. The maximum atomic E-state index is 5.93. The highest BCUT2D eigenvalue weighted by atomic mass is 35.5. The van der Waals surface area contributed by atoms with Gasteiger partial charge in [-0.05, 0) is 6.92 Å². The maximum Gasteiger partial charge on any atom is 0.137 e. The number of anilines is 1. The fourth-order valence-corrected chi connectivity index (χ4v) is 2.25. The molecule has 0 radical (unpaired) electrons. The van der Waals surface area contributed by atoms with Gasteiger partial charge < -0.3 is 5.32 Å². The third-order valence-electron chi connectivity index (χ3n) is 2.47. The molecule has 6 heteroatoms. The number of thiazole rings is 1. The molecule has 2 rings (SSSR count). The molecule has 2 aromatic rings. The van der Waals surface area contributed by atoms with Gasteiger partial charge in [-0.15, -0.1) is 11.3 Å². The summed E-state index contributed by atoms with van der Waals surface area (Å²) in [4.78, 5) is 12.4. The van der Waals surface area contributed by atoms with Crippen LogP contribution in [-0.4, -0.2) is 21.5 Å². The van der Waals surface area contributed by atoms with Crippen LogP contribution < -0.4 is 5.32 Å². The predicted molar refractivity (Wildman–Crippen MR) is 70.8 cm³/mol. The van der Waals surface area contributed by atoms with Crippen molar-refractivity contribution in [3.63, 3.8) is 0 Å². The SMILES string of the molecule is Cc1c(Cl)ncnc1NCC(C)c1nccs1. The van der Waals surface area contributed by atoms with Crippen LogP contribution in [0.4, 0.5) is 5.82 Å². The fraction of sp³-hybridized carbons (Fsp3) is 0.364. The summed E-state index contributed by atoms with van der Waals surface area (Å²) in [5.41, 5.74) is 0.875. The van der Waals surface area contributed by atoms with Crippen LogP contribution in [0.15, 0.2) is 17.9 Å². The van der Waals surface area contributed by atoms with E-state index in [0.29, 0.717) is 11.1 Å². The standard InChI is InChI=1S/C11H13ClN4S/c1-7(11-13-3-4-17-11)5-14-10-8(2)9(12)15-6-16-10/h3-4,6-7H,5H2,1-2H3,(H,14,15,16). The highest BCUT2D eigenvalue weighted by Gasteiger charge is 2.10. The zero-order valence-corrected chi connectivity index (χ0v) is 11.2. The highest BCUT2D eigenvalue weighted by molar-refractivity contribution is 7.09. The van der Waals surface area contributed by atoms with Crippen molar-refractivity contribution in [2.75, 3.05) is 11.9 Å². The Hall–Kier alpha value is -1.20. The first kappa shape index (κ1) is 12.3. The molecule has 0 bridgehead atoms. The predicted octanol–water partition coefficient (Wildman–Crippen LogP) is 3.11. The number of hydrogen-bond donors (Lipinski definition) is 1. The zero-order valence-electron chi connectivity index (χ0n) is 9.64. The molecule has 1 atom stereocenters. The number of hydrogen-bond acceptors (Lipinski definition) is 5. The summed E-state index contributed by atoms with van der Waals surface area (Å²) in [6, 6.07) is 0. The summed E-state index contributed by atoms with van der Waals surface area (Å²) in [5, 5.41) is 6.87. The Labute approximate surface area is 109 Å². The van der Waals surface area contributed by atoms with Gasteiger partial charge in [0.05, 0.1) is 5.01 Å². The van der Waals surface area contributed by atoms with Gasteiger partial charge in [-0.3, -0.25) is 0 Å². The minimum absolute atomic E-state index is 0.350. The van der Waals surface area contributed by atoms with E-state index in [2.05, 4.69) is 27.2 Å². The summed E-state index contributed by atoms with van der Waals surface area (Å²) in [6.45, 7) is 4.81. The molecule has 90 valence electrons. The van der Waals surface area contributed by atoms with Gasteiger partial charge in [0.2, 0.25) is 0 Å². The van der Waals surface area contributed by atoms with Crippen LogP contribution in [0.5, 0.6) is 0 Å². The number of nitrogens with one attached hydrogen (secondary N) is 1. The Morgan fingerprint density at radius 1 is 1.41 bits per heavy atom. The van der Waals surface area contributed by atoms with Crippen LogP contribution in [0, 0.1) is 6.92 Å². The summed E-state index contributed by atoms with van der Waals surface area (Å²) in [5.74, 6) is 1.14. The van der Waals surface area contributed by atoms with Crippen molar-refractivity contribution in [3.8, 4) is 0 Å². The third-order valence-corrected chi connectivity index (χ3v) is 3.86. The van der Waals surface area contributed by atoms with E-state index in [1.807, 2.05) is 18.5 Å². The molecule has 0 fully saturated rings. The molecule has 1 unspecified atom stereocenters. The fourth-order valence-electron chi connectivity index (χ4n) is 1.42. The molecule has 2 heterocycles. The van der Waals surface area contributed by atoms with E-state index >= 15 is 0 Å². The molecule has 0 spiro atoms. The van der Waals surface area contributed by atoms with Crippen molar-refractivity contribution in [2.45, 2.75) is 19.8 Å². The van der Waals surface area contributed by atoms with Gasteiger partial charge in [-0.1, -0.05) is 18.5 Å². The van der Waals surface area contributed by atoms with Crippen LogP contribution >= 0.6 is 22.9 Å². The highest BCUT2D eigenvalue weighted by Crippen LogP contribution is 2.21. The van der Waals surface area contributed by atoms with Gasteiger partial charge in [0.1, 0.15) is 17.3 Å². The Morgan fingerprint density at radius 3 is 2.94 bits per heavy atom. The van der Waals surface area contributed by atoms with Crippen LogP contribution in [0.2, 0.25) is 5.15 Å². The van der Waals surface area contributed by atoms with Crippen molar-refractivity contribution in [2.24, 2.45) is 0 Å². The minimum Gasteiger partial charge on any atom is -0.369 e. The van der Waals surface area contributed by atoms with E-state index in [1.54, 1.807) is 11.3 Å². The molecule has 0 saturated carbocycles. The Morgan fingerprint density at radius 2 is 2.24 bits per heavy atom. The maximum absolute atomic E-state index is 5.93. The van der Waals surface area contributed by atoms with E-state index in [9.17, 15) is 0 Å². The summed E-state index contributed by atoms with van der Waals surface area (Å²) >= 11 is 7.59. The van der Waals surface area contributed by atoms with Crippen LogP contribution in [0.3, 0.4) is 0 Å². The molecule has 0 aliphatic heterocycles. The van der Waals surface area contributed by atoms with Crippen molar-refractivity contribution in [1.29, 1.82) is 0 Å². The number of halogens is 1. The Kier molecular flexibility index (Phi) is 3.91. The number of rotatable bonds is 4. The van der Waals surface area contributed by atoms with Crippen molar-refractivity contribution in [3.05, 3.63) is 33.6 Å². The molecular formula is C11H13ClN4S. The second-order valence-corrected chi connectivity index (χ2v) is 5.07. The van der Waals surface area contributed by atoms with Crippen LogP contribution in [0.1, 0.15) is 23.4 Å². The first-order valence-corrected chi connectivity index (χ1v) is 6.54. The first-order valence-electron chi connectivity index (χ1n) is 5.29. The van der Waals surface area contributed by atoms with Crippen LogP contribution in [0.25, 0.3) is 0 Å². The van der Waals surface area contributed by atoms with E-state index in [-0.39, 0.29) is 0 Å². The second-order valence-electron chi connectivity index (χ2n) is 3.79. The van der Waals surface area contributed by atoms with Crippen LogP contribution in [-0.2, 0) is 0 Å². The molecule has 4 nitrogen and oxygen atoms in total. The summed E-state index contributed by atoms with van der Waals surface area (Å²) in [6.07, 6.45) is 3.29. The monoisotopic (exact) mass is 268 g/mol. The van der Waals surface area contributed by atoms with E-state index < -0.39 is 0 Å². The molecule has 0 aliphatic rings. The number of aromatic nitrogens is 3.